The van der Waals surface area contributed by atoms with Crippen LogP contribution in [0.3, 0.4) is 0 Å². The Morgan fingerprint density at radius 1 is 1.29 bits per heavy atom. The van der Waals surface area contributed by atoms with Gasteiger partial charge in [-0.05, 0) is 12.1 Å². The Hall–Kier alpha value is -1.55. The molecule has 0 spiro atoms. The van der Waals surface area contributed by atoms with Crippen molar-refractivity contribution in [3.05, 3.63) is 30.3 Å². The van der Waals surface area contributed by atoms with E-state index in [-0.39, 0.29) is 6.10 Å². The number of hydrogen-bond donors (Lipinski definition) is 1. The first-order chi connectivity index (χ1) is 8.22. The third-order valence-corrected chi connectivity index (χ3v) is 2.18. The number of nitrogens with one attached hydrogen (secondary N) is 1. The van der Waals surface area contributed by atoms with Crippen LogP contribution in [0, 0.1) is 0 Å². The Balaban J connectivity index is 2.36. The fourth-order valence-electron chi connectivity index (χ4n) is 1.30. The van der Waals surface area contributed by atoms with E-state index in [0.717, 1.165) is 5.75 Å². The Morgan fingerprint density at radius 3 is 2.59 bits per heavy atom. The second-order valence-electron chi connectivity index (χ2n) is 4.04. The van der Waals surface area contributed by atoms with Gasteiger partial charge in [0, 0.05) is 12.6 Å². The molecule has 0 aliphatic rings. The van der Waals surface area contributed by atoms with E-state index in [0.29, 0.717) is 25.7 Å². The van der Waals surface area contributed by atoms with Crippen LogP contribution in [-0.4, -0.2) is 31.8 Å². The number of para-hydroxylation sites is 1. The molecule has 17 heavy (non-hydrogen) atoms. The molecule has 0 amide bonds. The maximum absolute atomic E-state index is 10.4. The second kappa shape index (κ2) is 7.68. The molecule has 0 aliphatic carbocycles. The molecule has 1 N–H and O–H groups in total. The van der Waals surface area contributed by atoms with Gasteiger partial charge in [0.05, 0.1) is 0 Å². The molecular weight excluding hydrogens is 218 g/mol. The molecule has 4 heteroatoms. The molecule has 4 nitrogen and oxygen atoms in total. The average molecular weight is 237 g/mol. The van der Waals surface area contributed by atoms with Crippen molar-refractivity contribution in [2.24, 2.45) is 0 Å². The zero-order chi connectivity index (χ0) is 12.5. The molecule has 0 aliphatic heterocycles. The van der Waals surface area contributed by atoms with Crippen molar-refractivity contribution in [1.82, 2.24) is 5.32 Å². The molecule has 1 rings (SSSR count). The van der Waals surface area contributed by atoms with Gasteiger partial charge in [-0.1, -0.05) is 32.0 Å². The molecule has 0 bridgehead atoms. The molecule has 0 fully saturated rings. The summed E-state index contributed by atoms with van der Waals surface area (Å²) >= 11 is 0. The number of rotatable bonds is 8. The highest BCUT2D eigenvalue weighted by Gasteiger charge is 2.10. The molecule has 1 aromatic rings. The lowest BCUT2D eigenvalue weighted by Gasteiger charge is -2.18. The van der Waals surface area contributed by atoms with Crippen molar-refractivity contribution < 1.29 is 14.3 Å². The van der Waals surface area contributed by atoms with Crippen molar-refractivity contribution in [3.63, 3.8) is 0 Å². The van der Waals surface area contributed by atoms with E-state index < -0.39 is 0 Å². The summed E-state index contributed by atoms with van der Waals surface area (Å²) in [6.07, 6.45) is -0.268. The van der Waals surface area contributed by atoms with E-state index in [2.05, 4.69) is 5.32 Å². The normalized spacial score (nSPS) is 12.2. The van der Waals surface area contributed by atoms with Crippen LogP contribution in [0.15, 0.2) is 30.3 Å². The minimum Gasteiger partial charge on any atom is -0.490 e. The van der Waals surface area contributed by atoms with Crippen LogP contribution < -0.4 is 10.1 Å². The van der Waals surface area contributed by atoms with Gasteiger partial charge in [0.15, 0.2) is 0 Å². The molecule has 0 saturated carbocycles. The first kappa shape index (κ1) is 13.5. The van der Waals surface area contributed by atoms with Gasteiger partial charge in [0.1, 0.15) is 18.5 Å². The van der Waals surface area contributed by atoms with E-state index in [1.807, 2.05) is 44.2 Å². The van der Waals surface area contributed by atoms with E-state index in [1.54, 1.807) is 0 Å². The average Bonchev–Trinajstić information content (AvgIpc) is 2.34. The smallest absolute Gasteiger partial charge is 0.293 e. The fourth-order valence-corrected chi connectivity index (χ4v) is 1.30. The van der Waals surface area contributed by atoms with Gasteiger partial charge in [-0.2, -0.15) is 0 Å². The van der Waals surface area contributed by atoms with Gasteiger partial charge >= 0.3 is 0 Å². The standard InChI is InChI=1S/C13H19NO3/c1-11(2)14-8-13(17-10-15)9-16-12-6-4-3-5-7-12/h3-7,10-11,13-14H,8-9H2,1-2H3. The highest BCUT2D eigenvalue weighted by atomic mass is 16.6. The Morgan fingerprint density at radius 2 is 2.00 bits per heavy atom. The summed E-state index contributed by atoms with van der Waals surface area (Å²) in [7, 11) is 0. The number of benzene rings is 1. The monoisotopic (exact) mass is 237 g/mol. The summed E-state index contributed by atoms with van der Waals surface area (Å²) in [6.45, 7) is 5.47. The number of carbonyl (C=O) groups is 1. The van der Waals surface area contributed by atoms with E-state index >= 15 is 0 Å². The minimum atomic E-state index is -0.268. The highest BCUT2D eigenvalue weighted by molar-refractivity contribution is 5.37. The van der Waals surface area contributed by atoms with Crippen LogP contribution in [0.2, 0.25) is 0 Å². The van der Waals surface area contributed by atoms with Crippen LogP contribution in [0.5, 0.6) is 5.75 Å². The summed E-state index contributed by atoms with van der Waals surface area (Å²) in [5, 5.41) is 3.20. The first-order valence-electron chi connectivity index (χ1n) is 5.72. The van der Waals surface area contributed by atoms with E-state index in [1.165, 1.54) is 0 Å². The van der Waals surface area contributed by atoms with Gasteiger partial charge in [-0.25, -0.2) is 0 Å². The zero-order valence-corrected chi connectivity index (χ0v) is 10.3. The molecule has 0 heterocycles. The highest BCUT2D eigenvalue weighted by Crippen LogP contribution is 2.08. The maximum Gasteiger partial charge on any atom is 0.293 e. The fraction of sp³-hybridized carbons (Fsp3) is 0.462. The molecule has 1 unspecified atom stereocenters. The molecular formula is C13H19NO3. The summed E-state index contributed by atoms with van der Waals surface area (Å²) in [6, 6.07) is 9.81. The van der Waals surface area contributed by atoms with Crippen LogP contribution in [0.4, 0.5) is 0 Å². The van der Waals surface area contributed by atoms with Crippen molar-refractivity contribution >= 4 is 6.47 Å². The van der Waals surface area contributed by atoms with Crippen molar-refractivity contribution in [2.45, 2.75) is 26.0 Å². The third kappa shape index (κ3) is 5.92. The Labute approximate surface area is 102 Å². The largest absolute Gasteiger partial charge is 0.490 e. The van der Waals surface area contributed by atoms with Crippen LogP contribution in [0.1, 0.15) is 13.8 Å². The summed E-state index contributed by atoms with van der Waals surface area (Å²) in [4.78, 5) is 10.4. The van der Waals surface area contributed by atoms with Gasteiger partial charge in [0.25, 0.3) is 6.47 Å². The number of hydrogen-bond acceptors (Lipinski definition) is 4. The Kier molecular flexibility index (Phi) is 6.10. The second-order valence-corrected chi connectivity index (χ2v) is 4.04. The van der Waals surface area contributed by atoms with Crippen LogP contribution in [-0.2, 0) is 9.53 Å². The summed E-state index contributed by atoms with van der Waals surface area (Å²) < 4.78 is 10.5. The minimum absolute atomic E-state index is 0.268. The van der Waals surface area contributed by atoms with Gasteiger partial charge in [0.2, 0.25) is 0 Å². The topological polar surface area (TPSA) is 47.6 Å². The molecule has 1 aromatic carbocycles. The maximum atomic E-state index is 10.4. The van der Waals surface area contributed by atoms with Crippen molar-refractivity contribution in [3.8, 4) is 5.75 Å². The third-order valence-electron chi connectivity index (χ3n) is 2.18. The quantitative estimate of drug-likeness (QED) is 0.698. The lowest BCUT2D eigenvalue weighted by molar-refractivity contribution is -0.134. The lowest BCUT2D eigenvalue weighted by Crippen LogP contribution is -2.36. The van der Waals surface area contributed by atoms with Crippen molar-refractivity contribution in [1.29, 1.82) is 0 Å². The number of ether oxygens (including phenoxy) is 2. The summed E-state index contributed by atoms with van der Waals surface area (Å²) in [5.41, 5.74) is 0. The van der Waals surface area contributed by atoms with E-state index in [9.17, 15) is 4.79 Å². The molecule has 0 saturated heterocycles. The van der Waals surface area contributed by atoms with Crippen LogP contribution >= 0.6 is 0 Å². The summed E-state index contributed by atoms with van der Waals surface area (Å²) in [5.74, 6) is 0.775. The molecule has 0 aromatic heterocycles. The number of carbonyl (C=O) groups excluding carboxylic acids is 1. The van der Waals surface area contributed by atoms with Gasteiger partial charge in [-0.3, -0.25) is 4.79 Å². The molecule has 1 atom stereocenters. The van der Waals surface area contributed by atoms with Crippen molar-refractivity contribution in [2.75, 3.05) is 13.2 Å². The predicted octanol–water partition coefficient (Wildman–Crippen LogP) is 1.60. The van der Waals surface area contributed by atoms with Gasteiger partial charge in [-0.15, -0.1) is 0 Å². The zero-order valence-electron chi connectivity index (χ0n) is 10.3. The molecule has 0 radical (unpaired) electrons. The Bertz CT molecular complexity index is 314. The lowest BCUT2D eigenvalue weighted by atomic mass is 10.3. The van der Waals surface area contributed by atoms with Crippen LogP contribution in [0.25, 0.3) is 0 Å². The SMILES string of the molecule is CC(C)NCC(COc1ccccc1)OC=O. The first-order valence-corrected chi connectivity index (χ1v) is 5.72. The predicted molar refractivity (Wildman–Crippen MR) is 66.0 cm³/mol. The van der Waals surface area contributed by atoms with Gasteiger partial charge < -0.3 is 14.8 Å². The van der Waals surface area contributed by atoms with E-state index in [4.69, 9.17) is 9.47 Å². The molecule has 94 valence electrons.